The molecule has 2 N–H and O–H groups in total. The average molecular weight is 313 g/mol. The predicted octanol–water partition coefficient (Wildman–Crippen LogP) is 2.77. The summed E-state index contributed by atoms with van der Waals surface area (Å²) in [6.45, 7) is 3.69. The van der Waals surface area contributed by atoms with Crippen LogP contribution in [0.25, 0.3) is 0 Å². The SMILES string of the molecule is COCC1CCN(c2cc(Br)cc(CN)c2)CC1. The first-order chi connectivity index (χ1) is 8.72. The fourth-order valence-electron chi connectivity index (χ4n) is 2.53. The van der Waals surface area contributed by atoms with Gasteiger partial charge < -0.3 is 15.4 Å². The molecule has 0 saturated carbocycles. The normalized spacial score (nSPS) is 17.2. The third-order valence-corrected chi connectivity index (χ3v) is 4.02. The number of hydrogen-bond donors (Lipinski definition) is 1. The van der Waals surface area contributed by atoms with E-state index >= 15 is 0 Å². The lowest BCUT2D eigenvalue weighted by Crippen LogP contribution is -2.35. The van der Waals surface area contributed by atoms with Gasteiger partial charge in [-0.15, -0.1) is 0 Å². The van der Waals surface area contributed by atoms with E-state index in [4.69, 9.17) is 10.5 Å². The standard InChI is InChI=1S/C14H21BrN2O/c1-18-10-11-2-4-17(5-3-11)14-7-12(9-16)6-13(15)8-14/h6-8,11H,2-5,9-10,16H2,1H3. The van der Waals surface area contributed by atoms with Crippen LogP contribution in [0.15, 0.2) is 22.7 Å². The van der Waals surface area contributed by atoms with Gasteiger partial charge >= 0.3 is 0 Å². The summed E-state index contributed by atoms with van der Waals surface area (Å²) in [6.07, 6.45) is 2.41. The summed E-state index contributed by atoms with van der Waals surface area (Å²) in [4.78, 5) is 2.44. The third-order valence-electron chi connectivity index (χ3n) is 3.56. The van der Waals surface area contributed by atoms with Crippen LogP contribution in [0.4, 0.5) is 5.69 Å². The van der Waals surface area contributed by atoms with Crippen molar-refractivity contribution in [3.05, 3.63) is 28.2 Å². The Morgan fingerprint density at radius 3 is 2.67 bits per heavy atom. The summed E-state index contributed by atoms with van der Waals surface area (Å²) in [5.41, 5.74) is 8.18. The number of nitrogens with zero attached hydrogens (tertiary/aromatic N) is 1. The predicted molar refractivity (Wildman–Crippen MR) is 78.8 cm³/mol. The zero-order valence-corrected chi connectivity index (χ0v) is 12.4. The number of methoxy groups -OCH3 is 1. The van der Waals surface area contributed by atoms with Gasteiger partial charge in [0.2, 0.25) is 0 Å². The molecule has 1 heterocycles. The van der Waals surface area contributed by atoms with E-state index in [1.165, 1.54) is 24.1 Å². The molecule has 3 nitrogen and oxygen atoms in total. The van der Waals surface area contributed by atoms with Crippen molar-refractivity contribution in [1.29, 1.82) is 0 Å². The highest BCUT2D eigenvalue weighted by Crippen LogP contribution is 2.27. The van der Waals surface area contributed by atoms with Crippen LogP contribution >= 0.6 is 15.9 Å². The molecule has 18 heavy (non-hydrogen) atoms. The molecule has 2 rings (SSSR count). The second-order valence-electron chi connectivity index (χ2n) is 4.91. The van der Waals surface area contributed by atoms with Crippen LogP contribution in [0.1, 0.15) is 18.4 Å². The number of ether oxygens (including phenoxy) is 1. The maximum Gasteiger partial charge on any atom is 0.0491 e. The lowest BCUT2D eigenvalue weighted by atomic mass is 9.97. The fourth-order valence-corrected chi connectivity index (χ4v) is 3.06. The fraction of sp³-hybridized carbons (Fsp3) is 0.571. The highest BCUT2D eigenvalue weighted by atomic mass is 79.9. The first-order valence-electron chi connectivity index (χ1n) is 6.46. The van der Waals surface area contributed by atoms with E-state index in [0.29, 0.717) is 12.5 Å². The Kier molecular flexibility index (Phi) is 5.03. The second-order valence-corrected chi connectivity index (χ2v) is 5.82. The molecule has 1 aliphatic heterocycles. The van der Waals surface area contributed by atoms with Crippen molar-refractivity contribution in [1.82, 2.24) is 0 Å². The monoisotopic (exact) mass is 312 g/mol. The van der Waals surface area contributed by atoms with Gasteiger partial charge in [-0.25, -0.2) is 0 Å². The van der Waals surface area contributed by atoms with Crippen LogP contribution in [0.5, 0.6) is 0 Å². The minimum Gasteiger partial charge on any atom is -0.384 e. The number of benzene rings is 1. The van der Waals surface area contributed by atoms with Crippen molar-refractivity contribution >= 4 is 21.6 Å². The van der Waals surface area contributed by atoms with Gasteiger partial charge in [-0.2, -0.15) is 0 Å². The maximum absolute atomic E-state index is 5.72. The molecule has 0 atom stereocenters. The molecule has 0 amide bonds. The van der Waals surface area contributed by atoms with E-state index in [2.05, 4.69) is 39.0 Å². The van der Waals surface area contributed by atoms with Crippen LogP contribution < -0.4 is 10.6 Å². The quantitative estimate of drug-likeness (QED) is 0.929. The van der Waals surface area contributed by atoms with Crippen LogP contribution in [-0.2, 0) is 11.3 Å². The summed E-state index contributed by atoms with van der Waals surface area (Å²) in [5, 5.41) is 0. The van der Waals surface area contributed by atoms with Crippen molar-refractivity contribution in [3.63, 3.8) is 0 Å². The van der Waals surface area contributed by atoms with Gasteiger partial charge in [-0.05, 0) is 42.5 Å². The van der Waals surface area contributed by atoms with Gasteiger partial charge in [0.1, 0.15) is 0 Å². The summed E-state index contributed by atoms with van der Waals surface area (Å²) in [7, 11) is 1.79. The van der Waals surface area contributed by atoms with E-state index in [9.17, 15) is 0 Å². The number of rotatable bonds is 4. The minimum atomic E-state index is 0.590. The van der Waals surface area contributed by atoms with Crippen LogP contribution in [-0.4, -0.2) is 26.8 Å². The first-order valence-corrected chi connectivity index (χ1v) is 7.25. The van der Waals surface area contributed by atoms with Crippen molar-refractivity contribution in [2.45, 2.75) is 19.4 Å². The Labute approximate surface area is 117 Å². The largest absolute Gasteiger partial charge is 0.384 e. The summed E-state index contributed by atoms with van der Waals surface area (Å²) in [5.74, 6) is 0.715. The second kappa shape index (κ2) is 6.55. The summed E-state index contributed by atoms with van der Waals surface area (Å²) in [6, 6.07) is 6.46. The average Bonchev–Trinajstić information content (AvgIpc) is 2.39. The molecule has 0 bridgehead atoms. The smallest absolute Gasteiger partial charge is 0.0491 e. The lowest BCUT2D eigenvalue weighted by molar-refractivity contribution is 0.139. The molecule has 0 aliphatic carbocycles. The zero-order chi connectivity index (χ0) is 13.0. The molecule has 4 heteroatoms. The zero-order valence-electron chi connectivity index (χ0n) is 10.9. The van der Waals surface area contributed by atoms with Crippen molar-refractivity contribution in [2.24, 2.45) is 11.7 Å². The van der Waals surface area contributed by atoms with E-state index in [0.717, 1.165) is 24.2 Å². The molecule has 0 radical (unpaired) electrons. The van der Waals surface area contributed by atoms with E-state index in [1.54, 1.807) is 7.11 Å². The van der Waals surface area contributed by atoms with Gasteiger partial charge in [-0.3, -0.25) is 0 Å². The molecular weight excluding hydrogens is 292 g/mol. The molecule has 1 aromatic rings. The van der Waals surface area contributed by atoms with Gasteiger partial charge in [0.15, 0.2) is 0 Å². The Balaban J connectivity index is 2.02. The van der Waals surface area contributed by atoms with Crippen molar-refractivity contribution < 1.29 is 4.74 Å². The molecular formula is C14H21BrN2O. The van der Waals surface area contributed by atoms with Gasteiger partial charge in [0.25, 0.3) is 0 Å². The van der Waals surface area contributed by atoms with E-state index < -0.39 is 0 Å². The Morgan fingerprint density at radius 2 is 2.06 bits per heavy atom. The van der Waals surface area contributed by atoms with Crippen molar-refractivity contribution in [3.8, 4) is 0 Å². The van der Waals surface area contributed by atoms with Crippen LogP contribution in [0, 0.1) is 5.92 Å². The van der Waals surface area contributed by atoms with Gasteiger partial charge in [0, 0.05) is 43.5 Å². The Bertz CT molecular complexity index is 389. The third kappa shape index (κ3) is 3.46. The molecule has 100 valence electrons. The van der Waals surface area contributed by atoms with Crippen LogP contribution in [0.2, 0.25) is 0 Å². The molecule has 0 unspecified atom stereocenters. The number of halogens is 1. The van der Waals surface area contributed by atoms with E-state index in [1.807, 2.05) is 0 Å². The van der Waals surface area contributed by atoms with Gasteiger partial charge in [-0.1, -0.05) is 15.9 Å². The van der Waals surface area contributed by atoms with E-state index in [-0.39, 0.29) is 0 Å². The number of nitrogens with two attached hydrogens (primary N) is 1. The van der Waals surface area contributed by atoms with Crippen LogP contribution in [0.3, 0.4) is 0 Å². The first kappa shape index (κ1) is 13.8. The Morgan fingerprint density at radius 1 is 1.33 bits per heavy atom. The number of hydrogen-bond acceptors (Lipinski definition) is 3. The molecule has 1 aromatic carbocycles. The topological polar surface area (TPSA) is 38.5 Å². The lowest BCUT2D eigenvalue weighted by Gasteiger charge is -2.33. The minimum absolute atomic E-state index is 0.590. The van der Waals surface area contributed by atoms with Crippen molar-refractivity contribution in [2.75, 3.05) is 31.7 Å². The van der Waals surface area contributed by atoms with Gasteiger partial charge in [0.05, 0.1) is 0 Å². The molecule has 1 fully saturated rings. The summed E-state index contributed by atoms with van der Waals surface area (Å²) >= 11 is 3.55. The maximum atomic E-state index is 5.72. The number of piperidine rings is 1. The highest BCUT2D eigenvalue weighted by molar-refractivity contribution is 9.10. The molecule has 0 spiro atoms. The Hall–Kier alpha value is -0.580. The highest BCUT2D eigenvalue weighted by Gasteiger charge is 2.19. The molecule has 0 aromatic heterocycles. The molecule has 1 saturated heterocycles. The molecule has 1 aliphatic rings. The number of anilines is 1. The summed E-state index contributed by atoms with van der Waals surface area (Å²) < 4.78 is 6.35.